The number of carbonyl (C=O) groups excluding carboxylic acids is 1. The first kappa shape index (κ1) is 9.77. The largest absolute Gasteiger partial charge is 0.419 e. The van der Waals surface area contributed by atoms with Crippen LogP contribution in [0.4, 0.5) is 0 Å². The molecular formula is C12H9N3O2. The van der Waals surface area contributed by atoms with Gasteiger partial charge in [-0.3, -0.25) is 4.79 Å². The third-order valence-corrected chi connectivity index (χ3v) is 2.58. The van der Waals surface area contributed by atoms with Crippen LogP contribution in [0.5, 0.6) is 0 Å². The molecule has 0 aliphatic carbocycles. The Kier molecular flexibility index (Phi) is 2.22. The zero-order valence-corrected chi connectivity index (χ0v) is 8.91. The lowest BCUT2D eigenvalue weighted by molar-refractivity contribution is 0.110. The Morgan fingerprint density at radius 3 is 2.88 bits per heavy atom. The van der Waals surface area contributed by atoms with Crippen LogP contribution in [0.15, 0.2) is 41.1 Å². The van der Waals surface area contributed by atoms with Crippen LogP contribution >= 0.6 is 0 Å². The molecule has 0 atom stereocenters. The van der Waals surface area contributed by atoms with Crippen LogP contribution in [0.1, 0.15) is 21.8 Å². The van der Waals surface area contributed by atoms with Crippen LogP contribution in [-0.4, -0.2) is 20.9 Å². The summed E-state index contributed by atoms with van der Waals surface area (Å²) in [4.78, 5) is 14.8. The molecule has 0 unspecified atom stereocenters. The highest BCUT2D eigenvalue weighted by molar-refractivity contribution is 5.73. The molecule has 5 nitrogen and oxygen atoms in total. The minimum Gasteiger partial charge on any atom is -0.419 e. The molecule has 0 aliphatic heterocycles. The predicted molar refractivity (Wildman–Crippen MR) is 59.9 cm³/mol. The van der Waals surface area contributed by atoms with Crippen molar-refractivity contribution >= 4 is 12.1 Å². The maximum atomic E-state index is 10.9. The van der Waals surface area contributed by atoms with Gasteiger partial charge >= 0.3 is 5.84 Å². The second-order valence-corrected chi connectivity index (χ2v) is 3.65. The number of aromatic nitrogens is 3. The summed E-state index contributed by atoms with van der Waals surface area (Å²) in [5.41, 5.74) is 1.81. The van der Waals surface area contributed by atoms with E-state index in [9.17, 15) is 4.79 Å². The van der Waals surface area contributed by atoms with Gasteiger partial charge in [-0.1, -0.05) is 30.3 Å². The maximum absolute atomic E-state index is 10.9. The van der Waals surface area contributed by atoms with E-state index in [1.54, 1.807) is 4.52 Å². The van der Waals surface area contributed by atoms with Crippen molar-refractivity contribution in [3.8, 4) is 0 Å². The van der Waals surface area contributed by atoms with Gasteiger partial charge in [-0.15, -0.1) is 0 Å². The van der Waals surface area contributed by atoms with Crippen molar-refractivity contribution in [1.29, 1.82) is 0 Å². The smallest absolute Gasteiger partial charge is 0.325 e. The van der Waals surface area contributed by atoms with Crippen LogP contribution in [0.25, 0.3) is 5.84 Å². The standard InChI is InChI=1S/C12H9N3O2/c16-7-11-10(6-9-4-2-1-3-5-9)15-12(17-11)13-8-14-15/h1-5,7-8H,6H2. The second-order valence-electron chi connectivity index (χ2n) is 3.65. The number of aldehydes is 1. The lowest BCUT2D eigenvalue weighted by Gasteiger charge is -1.98. The van der Waals surface area contributed by atoms with Gasteiger partial charge in [0.1, 0.15) is 6.33 Å². The average molecular weight is 227 g/mol. The molecule has 2 aromatic heterocycles. The van der Waals surface area contributed by atoms with Crippen molar-refractivity contribution in [2.45, 2.75) is 6.42 Å². The summed E-state index contributed by atoms with van der Waals surface area (Å²) in [6.45, 7) is 0. The Morgan fingerprint density at radius 1 is 1.29 bits per heavy atom. The van der Waals surface area contributed by atoms with E-state index in [1.807, 2.05) is 30.3 Å². The Hall–Kier alpha value is -2.43. The van der Waals surface area contributed by atoms with Gasteiger partial charge in [-0.05, 0) is 5.56 Å². The van der Waals surface area contributed by atoms with Gasteiger partial charge in [0.05, 0.1) is 5.69 Å². The van der Waals surface area contributed by atoms with Crippen LogP contribution < -0.4 is 0 Å². The van der Waals surface area contributed by atoms with Crippen molar-refractivity contribution in [3.63, 3.8) is 0 Å². The maximum Gasteiger partial charge on any atom is 0.325 e. The fourth-order valence-corrected chi connectivity index (χ4v) is 1.79. The molecule has 0 saturated heterocycles. The van der Waals surface area contributed by atoms with Crippen LogP contribution in [0.2, 0.25) is 0 Å². The SMILES string of the molecule is O=Cc1oc2ncnn2c1Cc1ccccc1. The predicted octanol–water partition coefficient (Wildman–Crippen LogP) is 1.73. The van der Waals surface area contributed by atoms with Gasteiger partial charge in [0.15, 0.2) is 12.0 Å². The lowest BCUT2D eigenvalue weighted by Crippen LogP contribution is -1.98. The molecule has 84 valence electrons. The van der Waals surface area contributed by atoms with Crippen LogP contribution in [0, 0.1) is 0 Å². The molecule has 0 amide bonds. The summed E-state index contributed by atoms with van der Waals surface area (Å²) < 4.78 is 6.83. The zero-order chi connectivity index (χ0) is 11.7. The van der Waals surface area contributed by atoms with E-state index >= 15 is 0 Å². The van der Waals surface area contributed by atoms with Crippen molar-refractivity contribution in [3.05, 3.63) is 53.7 Å². The summed E-state index contributed by atoms with van der Waals surface area (Å²) in [5.74, 6) is 0.627. The normalized spacial score (nSPS) is 10.8. The molecule has 0 saturated carbocycles. The van der Waals surface area contributed by atoms with Gasteiger partial charge in [0.2, 0.25) is 0 Å². The molecular weight excluding hydrogens is 218 g/mol. The summed E-state index contributed by atoms with van der Waals surface area (Å²) in [5, 5.41) is 4.04. The van der Waals surface area contributed by atoms with Crippen molar-refractivity contribution in [2.24, 2.45) is 0 Å². The molecule has 3 aromatic rings. The van der Waals surface area contributed by atoms with Crippen molar-refractivity contribution in [2.75, 3.05) is 0 Å². The molecule has 2 heterocycles. The van der Waals surface area contributed by atoms with E-state index in [0.717, 1.165) is 11.3 Å². The molecule has 0 N–H and O–H groups in total. The summed E-state index contributed by atoms with van der Waals surface area (Å²) in [6.07, 6.45) is 2.68. The molecule has 0 radical (unpaired) electrons. The molecule has 0 bridgehead atoms. The number of oxazole rings is 1. The molecule has 17 heavy (non-hydrogen) atoms. The topological polar surface area (TPSA) is 60.4 Å². The second kappa shape index (κ2) is 3.86. The van der Waals surface area contributed by atoms with Gasteiger partial charge in [0, 0.05) is 6.42 Å². The molecule has 3 rings (SSSR count). The average Bonchev–Trinajstić information content (AvgIpc) is 2.93. The lowest BCUT2D eigenvalue weighted by atomic mass is 10.1. The molecule has 1 aromatic carbocycles. The first-order chi connectivity index (χ1) is 8.38. The Balaban J connectivity index is 2.09. The number of fused-ring (bicyclic) bond motifs is 1. The fourth-order valence-electron chi connectivity index (χ4n) is 1.79. The minimum absolute atomic E-state index is 0.282. The molecule has 0 aliphatic rings. The number of hydrogen-bond donors (Lipinski definition) is 0. The van der Waals surface area contributed by atoms with E-state index in [2.05, 4.69) is 10.1 Å². The fraction of sp³-hybridized carbons (Fsp3) is 0.0833. The van der Waals surface area contributed by atoms with E-state index in [4.69, 9.17) is 4.42 Å². The first-order valence-electron chi connectivity index (χ1n) is 5.19. The van der Waals surface area contributed by atoms with Crippen LogP contribution in [0.3, 0.4) is 0 Å². The Bertz CT molecular complexity index is 655. The van der Waals surface area contributed by atoms with Gasteiger partial charge in [0.25, 0.3) is 0 Å². The highest BCUT2D eigenvalue weighted by Crippen LogP contribution is 2.16. The van der Waals surface area contributed by atoms with Gasteiger partial charge in [-0.25, -0.2) is 0 Å². The molecule has 0 spiro atoms. The zero-order valence-electron chi connectivity index (χ0n) is 8.91. The monoisotopic (exact) mass is 227 g/mol. The van der Waals surface area contributed by atoms with Crippen LogP contribution in [-0.2, 0) is 6.42 Å². The van der Waals surface area contributed by atoms with E-state index < -0.39 is 0 Å². The third-order valence-electron chi connectivity index (χ3n) is 2.58. The van der Waals surface area contributed by atoms with Crippen molar-refractivity contribution in [1.82, 2.24) is 14.6 Å². The highest BCUT2D eigenvalue weighted by Gasteiger charge is 2.15. The summed E-state index contributed by atoms with van der Waals surface area (Å²) >= 11 is 0. The Morgan fingerprint density at radius 2 is 2.12 bits per heavy atom. The number of rotatable bonds is 3. The summed E-state index contributed by atoms with van der Waals surface area (Å²) in [6, 6.07) is 9.84. The molecule has 5 heteroatoms. The highest BCUT2D eigenvalue weighted by atomic mass is 16.4. The summed E-state index contributed by atoms with van der Waals surface area (Å²) in [7, 11) is 0. The first-order valence-corrected chi connectivity index (χ1v) is 5.19. The van der Waals surface area contributed by atoms with E-state index in [-0.39, 0.29) is 5.76 Å². The van der Waals surface area contributed by atoms with Gasteiger partial charge in [-0.2, -0.15) is 14.6 Å². The van der Waals surface area contributed by atoms with E-state index in [0.29, 0.717) is 18.6 Å². The number of hydrogen-bond acceptors (Lipinski definition) is 4. The molecule has 0 fully saturated rings. The third kappa shape index (κ3) is 1.61. The number of carbonyl (C=O) groups is 1. The number of benzene rings is 1. The Labute approximate surface area is 96.7 Å². The minimum atomic E-state index is 0.282. The van der Waals surface area contributed by atoms with Crippen molar-refractivity contribution < 1.29 is 9.21 Å². The quantitative estimate of drug-likeness (QED) is 0.639. The van der Waals surface area contributed by atoms with E-state index in [1.165, 1.54) is 6.33 Å². The number of nitrogens with zero attached hydrogens (tertiary/aromatic N) is 3. The van der Waals surface area contributed by atoms with Gasteiger partial charge < -0.3 is 4.42 Å².